The number of aryl methyl sites for hydroxylation is 1. The maximum absolute atomic E-state index is 11.1. The molecule has 4 heteroatoms. The molecule has 0 radical (unpaired) electrons. The molecule has 0 spiro atoms. The molecule has 116 valence electrons. The van der Waals surface area contributed by atoms with Gasteiger partial charge in [-0.15, -0.1) is 0 Å². The smallest absolute Gasteiger partial charge is 0.333 e. The summed E-state index contributed by atoms with van der Waals surface area (Å²) in [6.45, 7) is 5.63. The molecule has 21 heavy (non-hydrogen) atoms. The third-order valence-corrected chi connectivity index (χ3v) is 3.23. The second-order valence-corrected chi connectivity index (χ2v) is 5.26. The van der Waals surface area contributed by atoms with Gasteiger partial charge in [0.05, 0.1) is 6.61 Å². The number of rotatable bonds is 9. The number of aromatic hydroxyl groups is 2. The Morgan fingerprint density at radius 3 is 2.43 bits per heavy atom. The molecule has 1 aromatic rings. The summed E-state index contributed by atoms with van der Waals surface area (Å²) in [5, 5.41) is 18.6. The number of unbranched alkanes of at least 4 members (excludes halogenated alkanes) is 4. The molecular formula is C17H24O4. The van der Waals surface area contributed by atoms with Crippen LogP contribution in [0.1, 0.15) is 44.6 Å². The summed E-state index contributed by atoms with van der Waals surface area (Å²) in [6, 6.07) is 4.94. The normalized spacial score (nSPS) is 10.3. The van der Waals surface area contributed by atoms with E-state index in [0.717, 1.165) is 44.1 Å². The molecule has 0 saturated heterocycles. The molecule has 0 fully saturated rings. The number of hydrogen-bond donors (Lipinski definition) is 2. The number of carbonyl (C=O) groups excluding carboxylic acids is 1. The van der Waals surface area contributed by atoms with E-state index in [0.29, 0.717) is 12.2 Å². The van der Waals surface area contributed by atoms with Gasteiger partial charge in [0.2, 0.25) is 0 Å². The molecule has 0 aliphatic carbocycles. The van der Waals surface area contributed by atoms with Crippen LogP contribution in [0.2, 0.25) is 0 Å². The molecule has 0 atom stereocenters. The Balaban J connectivity index is 2.03. The first kappa shape index (κ1) is 17.1. The summed E-state index contributed by atoms with van der Waals surface area (Å²) < 4.78 is 5.01. The van der Waals surface area contributed by atoms with E-state index < -0.39 is 0 Å². The van der Waals surface area contributed by atoms with Crippen LogP contribution in [0.25, 0.3) is 0 Å². The Morgan fingerprint density at radius 1 is 1.10 bits per heavy atom. The third kappa shape index (κ3) is 6.84. The van der Waals surface area contributed by atoms with Crippen molar-refractivity contribution in [2.45, 2.75) is 45.4 Å². The first-order valence-electron chi connectivity index (χ1n) is 7.34. The monoisotopic (exact) mass is 292 g/mol. The van der Waals surface area contributed by atoms with Gasteiger partial charge in [0, 0.05) is 5.57 Å². The SMILES string of the molecule is C=C(C)C(=O)OCCCCCCCc1ccc(O)c(O)c1. The summed E-state index contributed by atoms with van der Waals surface area (Å²) in [5.41, 5.74) is 1.47. The number of carbonyl (C=O) groups is 1. The van der Waals surface area contributed by atoms with E-state index in [1.165, 1.54) is 6.07 Å². The van der Waals surface area contributed by atoms with Crippen molar-refractivity contribution in [1.82, 2.24) is 0 Å². The second-order valence-electron chi connectivity index (χ2n) is 5.26. The van der Waals surface area contributed by atoms with Gasteiger partial charge in [-0.25, -0.2) is 4.79 Å². The van der Waals surface area contributed by atoms with Crippen LogP contribution in [-0.2, 0) is 16.0 Å². The van der Waals surface area contributed by atoms with Gasteiger partial charge < -0.3 is 14.9 Å². The van der Waals surface area contributed by atoms with Gasteiger partial charge in [-0.1, -0.05) is 31.9 Å². The van der Waals surface area contributed by atoms with Gasteiger partial charge in [-0.3, -0.25) is 0 Å². The van der Waals surface area contributed by atoms with E-state index in [-0.39, 0.29) is 17.5 Å². The predicted octanol–water partition coefficient (Wildman–Crippen LogP) is 3.71. The standard InChI is InChI=1S/C17H24O4/c1-13(2)17(20)21-11-7-5-3-4-6-8-14-9-10-15(18)16(19)12-14/h9-10,12,18-19H,1,3-8,11H2,2H3. The van der Waals surface area contributed by atoms with Crippen LogP contribution in [0.15, 0.2) is 30.4 Å². The zero-order valence-corrected chi connectivity index (χ0v) is 12.6. The lowest BCUT2D eigenvalue weighted by Gasteiger charge is -2.05. The molecule has 0 amide bonds. The molecule has 0 bridgehead atoms. The summed E-state index contributed by atoms with van der Waals surface area (Å²) in [4.78, 5) is 11.1. The Bertz CT molecular complexity index is 480. The number of ether oxygens (including phenoxy) is 1. The van der Waals surface area contributed by atoms with E-state index in [2.05, 4.69) is 6.58 Å². The van der Waals surface area contributed by atoms with Crippen LogP contribution in [0.5, 0.6) is 11.5 Å². The fraction of sp³-hybridized carbons (Fsp3) is 0.471. The van der Waals surface area contributed by atoms with Crippen LogP contribution < -0.4 is 0 Å². The van der Waals surface area contributed by atoms with Crippen molar-refractivity contribution in [2.75, 3.05) is 6.61 Å². The third-order valence-electron chi connectivity index (χ3n) is 3.23. The van der Waals surface area contributed by atoms with Crippen molar-refractivity contribution < 1.29 is 19.7 Å². The molecule has 1 aromatic carbocycles. The summed E-state index contributed by atoms with van der Waals surface area (Å²) >= 11 is 0. The first-order chi connectivity index (χ1) is 10.0. The van der Waals surface area contributed by atoms with Crippen molar-refractivity contribution in [2.24, 2.45) is 0 Å². The van der Waals surface area contributed by atoms with E-state index >= 15 is 0 Å². The number of phenols is 2. The van der Waals surface area contributed by atoms with E-state index in [1.807, 2.05) is 6.07 Å². The van der Waals surface area contributed by atoms with Crippen molar-refractivity contribution >= 4 is 5.97 Å². The molecule has 0 aliphatic heterocycles. The minimum atomic E-state index is -0.317. The Hall–Kier alpha value is -1.97. The Morgan fingerprint density at radius 2 is 1.76 bits per heavy atom. The van der Waals surface area contributed by atoms with Crippen molar-refractivity contribution in [1.29, 1.82) is 0 Å². The Labute approximate surface area is 126 Å². The molecule has 1 rings (SSSR count). The van der Waals surface area contributed by atoms with Crippen molar-refractivity contribution in [3.63, 3.8) is 0 Å². The van der Waals surface area contributed by atoms with Crippen molar-refractivity contribution in [3.8, 4) is 11.5 Å². The molecular weight excluding hydrogens is 268 g/mol. The molecule has 0 saturated carbocycles. The highest BCUT2D eigenvalue weighted by atomic mass is 16.5. The lowest BCUT2D eigenvalue weighted by Crippen LogP contribution is -2.05. The summed E-state index contributed by atoms with van der Waals surface area (Å²) in [5.74, 6) is -0.461. The van der Waals surface area contributed by atoms with E-state index in [9.17, 15) is 15.0 Å². The highest BCUT2D eigenvalue weighted by molar-refractivity contribution is 5.86. The minimum Gasteiger partial charge on any atom is -0.504 e. The molecule has 2 N–H and O–H groups in total. The van der Waals surface area contributed by atoms with Gasteiger partial charge >= 0.3 is 5.97 Å². The largest absolute Gasteiger partial charge is 0.504 e. The van der Waals surface area contributed by atoms with E-state index in [1.54, 1.807) is 13.0 Å². The van der Waals surface area contributed by atoms with Gasteiger partial charge in [0.25, 0.3) is 0 Å². The van der Waals surface area contributed by atoms with Crippen LogP contribution >= 0.6 is 0 Å². The molecule has 4 nitrogen and oxygen atoms in total. The number of hydrogen-bond acceptors (Lipinski definition) is 4. The lowest BCUT2D eigenvalue weighted by atomic mass is 10.1. The Kier molecular flexibility index (Phi) is 7.37. The van der Waals surface area contributed by atoms with Crippen LogP contribution in [0.4, 0.5) is 0 Å². The van der Waals surface area contributed by atoms with E-state index in [4.69, 9.17) is 4.74 Å². The molecule has 0 aliphatic rings. The molecule has 0 unspecified atom stereocenters. The quantitative estimate of drug-likeness (QED) is 0.315. The fourth-order valence-corrected chi connectivity index (χ4v) is 1.97. The van der Waals surface area contributed by atoms with Crippen LogP contribution in [-0.4, -0.2) is 22.8 Å². The van der Waals surface area contributed by atoms with Gasteiger partial charge in [0.15, 0.2) is 11.5 Å². The maximum Gasteiger partial charge on any atom is 0.333 e. The maximum atomic E-state index is 11.1. The highest BCUT2D eigenvalue weighted by Crippen LogP contribution is 2.25. The average molecular weight is 292 g/mol. The number of benzene rings is 1. The van der Waals surface area contributed by atoms with Gasteiger partial charge in [0.1, 0.15) is 0 Å². The topological polar surface area (TPSA) is 66.8 Å². The first-order valence-corrected chi connectivity index (χ1v) is 7.34. The lowest BCUT2D eigenvalue weighted by molar-refractivity contribution is -0.139. The predicted molar refractivity (Wildman–Crippen MR) is 82.3 cm³/mol. The number of phenolic OH excluding ortho intramolecular Hbond substituents is 2. The summed E-state index contributed by atoms with van der Waals surface area (Å²) in [7, 11) is 0. The van der Waals surface area contributed by atoms with Crippen LogP contribution in [0, 0.1) is 0 Å². The highest BCUT2D eigenvalue weighted by Gasteiger charge is 2.02. The van der Waals surface area contributed by atoms with Crippen LogP contribution in [0.3, 0.4) is 0 Å². The fourth-order valence-electron chi connectivity index (χ4n) is 1.97. The van der Waals surface area contributed by atoms with Gasteiger partial charge in [-0.05, 0) is 43.9 Å². The zero-order valence-electron chi connectivity index (χ0n) is 12.6. The number of esters is 1. The second kappa shape index (κ2) is 9.06. The summed E-state index contributed by atoms with van der Waals surface area (Å²) in [6.07, 6.45) is 6.02. The minimum absolute atomic E-state index is 0.0631. The molecule has 0 aromatic heterocycles. The van der Waals surface area contributed by atoms with Gasteiger partial charge in [-0.2, -0.15) is 0 Å². The van der Waals surface area contributed by atoms with Crippen molar-refractivity contribution in [3.05, 3.63) is 35.9 Å². The molecule has 0 heterocycles. The zero-order chi connectivity index (χ0) is 15.7. The average Bonchev–Trinajstić information content (AvgIpc) is 2.45.